The molecule has 0 aliphatic carbocycles. The van der Waals surface area contributed by atoms with Crippen LogP contribution in [0.15, 0.2) is 24.3 Å². The van der Waals surface area contributed by atoms with Gasteiger partial charge in [-0.1, -0.05) is 0 Å². The van der Waals surface area contributed by atoms with Crippen LogP contribution in [0.1, 0.15) is 27.3 Å². The Labute approximate surface area is 126 Å². The lowest BCUT2D eigenvalue weighted by Gasteiger charge is -2.08. The van der Waals surface area contributed by atoms with Gasteiger partial charge in [0.2, 0.25) is 5.95 Å². The third kappa shape index (κ3) is 3.54. The van der Waals surface area contributed by atoms with E-state index in [1.165, 1.54) is 18.2 Å². The average molecular weight is 301 g/mol. The van der Waals surface area contributed by atoms with Gasteiger partial charge in [-0.2, -0.15) is 0 Å². The maximum atomic E-state index is 12.0. The van der Waals surface area contributed by atoms with Crippen molar-refractivity contribution in [3.8, 4) is 0 Å². The van der Waals surface area contributed by atoms with Crippen molar-refractivity contribution in [2.45, 2.75) is 20.8 Å². The molecule has 2 aromatic rings. The maximum Gasteiger partial charge on any atom is 0.272 e. The smallest absolute Gasteiger partial charge is 0.267 e. The molecule has 22 heavy (non-hydrogen) atoms. The molecule has 0 fully saturated rings. The molecular formula is C14H15N5O3. The van der Waals surface area contributed by atoms with Gasteiger partial charge in [-0.15, -0.1) is 0 Å². The highest BCUT2D eigenvalue weighted by atomic mass is 16.6. The van der Waals surface area contributed by atoms with Gasteiger partial charge >= 0.3 is 0 Å². The van der Waals surface area contributed by atoms with Gasteiger partial charge in [-0.25, -0.2) is 9.97 Å². The topological polar surface area (TPSA) is 110 Å². The molecule has 8 nitrogen and oxygen atoms in total. The number of anilines is 1. The quantitative estimate of drug-likeness (QED) is 0.660. The fourth-order valence-electron chi connectivity index (χ4n) is 1.97. The minimum Gasteiger partial charge on any atom is -0.267 e. The summed E-state index contributed by atoms with van der Waals surface area (Å²) in [4.78, 5) is 30.5. The van der Waals surface area contributed by atoms with Gasteiger partial charge in [-0.3, -0.25) is 25.8 Å². The van der Waals surface area contributed by atoms with E-state index in [-0.39, 0.29) is 11.6 Å². The van der Waals surface area contributed by atoms with Crippen LogP contribution in [0.25, 0.3) is 0 Å². The second-order valence-electron chi connectivity index (χ2n) is 4.81. The van der Waals surface area contributed by atoms with E-state index in [0.29, 0.717) is 11.1 Å². The number of nitrogens with zero attached hydrogens (tertiary/aromatic N) is 3. The van der Waals surface area contributed by atoms with Crippen LogP contribution >= 0.6 is 0 Å². The van der Waals surface area contributed by atoms with E-state index >= 15 is 0 Å². The molecule has 8 heteroatoms. The summed E-state index contributed by atoms with van der Waals surface area (Å²) in [5, 5.41) is 10.8. The number of rotatable bonds is 4. The normalized spacial score (nSPS) is 10.1. The van der Waals surface area contributed by atoms with E-state index in [4.69, 9.17) is 0 Å². The molecule has 0 atom stereocenters. The van der Waals surface area contributed by atoms with Crippen molar-refractivity contribution in [1.82, 2.24) is 15.4 Å². The van der Waals surface area contributed by atoms with Gasteiger partial charge in [0.25, 0.3) is 11.6 Å². The molecule has 2 rings (SSSR count). The molecule has 1 amide bonds. The Hall–Kier alpha value is -3.03. The predicted octanol–water partition coefficient (Wildman–Crippen LogP) is 2.07. The van der Waals surface area contributed by atoms with Crippen molar-refractivity contribution >= 4 is 17.5 Å². The predicted molar refractivity (Wildman–Crippen MR) is 80.4 cm³/mol. The monoisotopic (exact) mass is 301 g/mol. The summed E-state index contributed by atoms with van der Waals surface area (Å²) in [5.74, 6) is -0.148. The lowest BCUT2D eigenvalue weighted by atomic mass is 10.1. The Morgan fingerprint density at radius 1 is 1.14 bits per heavy atom. The van der Waals surface area contributed by atoms with Crippen LogP contribution in [0.3, 0.4) is 0 Å². The van der Waals surface area contributed by atoms with E-state index in [1.54, 1.807) is 6.92 Å². The molecule has 0 unspecified atom stereocenters. The number of hydrogen-bond donors (Lipinski definition) is 2. The third-order valence-electron chi connectivity index (χ3n) is 2.93. The molecular weight excluding hydrogens is 286 g/mol. The van der Waals surface area contributed by atoms with E-state index in [1.807, 2.05) is 19.9 Å². The van der Waals surface area contributed by atoms with Crippen LogP contribution in [-0.2, 0) is 0 Å². The van der Waals surface area contributed by atoms with Gasteiger partial charge in [0.05, 0.1) is 4.92 Å². The average Bonchev–Trinajstić information content (AvgIpc) is 2.43. The van der Waals surface area contributed by atoms with Gasteiger partial charge in [0.15, 0.2) is 0 Å². The number of nitro groups is 1. The minimum absolute atomic E-state index is 0.0258. The first-order valence-corrected chi connectivity index (χ1v) is 6.50. The van der Waals surface area contributed by atoms with Crippen molar-refractivity contribution in [3.05, 3.63) is 56.9 Å². The Morgan fingerprint density at radius 3 is 2.32 bits per heavy atom. The van der Waals surface area contributed by atoms with E-state index < -0.39 is 10.8 Å². The van der Waals surface area contributed by atoms with Crippen LogP contribution in [-0.4, -0.2) is 20.8 Å². The van der Waals surface area contributed by atoms with Crippen LogP contribution in [0.2, 0.25) is 0 Å². The molecule has 0 aliphatic heterocycles. The summed E-state index contributed by atoms with van der Waals surface area (Å²) < 4.78 is 0. The zero-order chi connectivity index (χ0) is 16.3. The molecule has 1 aromatic heterocycles. The number of hydrazine groups is 1. The zero-order valence-corrected chi connectivity index (χ0v) is 12.4. The van der Waals surface area contributed by atoms with E-state index in [9.17, 15) is 14.9 Å². The Morgan fingerprint density at radius 2 is 1.77 bits per heavy atom. The Balaban J connectivity index is 2.09. The van der Waals surface area contributed by atoms with Gasteiger partial charge in [-0.05, 0) is 39.0 Å². The largest absolute Gasteiger partial charge is 0.272 e. The summed E-state index contributed by atoms with van der Waals surface area (Å²) in [6.45, 7) is 5.22. The van der Waals surface area contributed by atoms with E-state index in [0.717, 1.165) is 11.4 Å². The highest BCUT2D eigenvalue weighted by molar-refractivity contribution is 5.95. The van der Waals surface area contributed by atoms with Gasteiger partial charge in [0.1, 0.15) is 0 Å². The summed E-state index contributed by atoms with van der Waals surface area (Å²) in [6, 6.07) is 5.96. The number of carbonyl (C=O) groups is 1. The minimum atomic E-state index is -0.487. The number of carbonyl (C=O) groups excluding carboxylic acids is 1. The number of aryl methyl sites for hydroxylation is 3. The first-order valence-electron chi connectivity index (χ1n) is 6.50. The number of amides is 1. The SMILES string of the molecule is Cc1cc(C)nc(NNC(=O)c2ccc([N+](=O)[O-])c(C)c2)n1. The first-order chi connectivity index (χ1) is 10.4. The fraction of sp³-hybridized carbons (Fsp3) is 0.214. The van der Waals surface area contributed by atoms with Gasteiger partial charge in [0, 0.05) is 28.6 Å². The number of nitro benzene ring substituents is 1. The molecule has 1 heterocycles. The molecule has 0 spiro atoms. The summed E-state index contributed by atoms with van der Waals surface area (Å²) in [5.41, 5.74) is 7.33. The summed E-state index contributed by atoms with van der Waals surface area (Å²) >= 11 is 0. The lowest BCUT2D eigenvalue weighted by Crippen LogP contribution is -2.30. The van der Waals surface area contributed by atoms with Crippen LogP contribution < -0.4 is 10.9 Å². The molecule has 114 valence electrons. The highest BCUT2D eigenvalue weighted by Gasteiger charge is 2.13. The molecule has 0 saturated carbocycles. The summed E-state index contributed by atoms with van der Waals surface area (Å²) in [7, 11) is 0. The lowest BCUT2D eigenvalue weighted by molar-refractivity contribution is -0.385. The van der Waals surface area contributed by atoms with Crippen molar-refractivity contribution in [2.75, 3.05) is 5.43 Å². The number of aromatic nitrogens is 2. The molecule has 0 aliphatic rings. The van der Waals surface area contributed by atoms with Crippen LogP contribution in [0, 0.1) is 30.9 Å². The molecule has 1 aromatic carbocycles. The van der Waals surface area contributed by atoms with Crippen LogP contribution in [0.4, 0.5) is 11.6 Å². The zero-order valence-electron chi connectivity index (χ0n) is 12.4. The van der Waals surface area contributed by atoms with E-state index in [2.05, 4.69) is 20.8 Å². The van der Waals surface area contributed by atoms with Crippen molar-refractivity contribution in [2.24, 2.45) is 0 Å². The van der Waals surface area contributed by atoms with Crippen molar-refractivity contribution < 1.29 is 9.72 Å². The molecule has 2 N–H and O–H groups in total. The number of hydrogen-bond acceptors (Lipinski definition) is 6. The Bertz CT molecular complexity index is 725. The van der Waals surface area contributed by atoms with Crippen molar-refractivity contribution in [3.63, 3.8) is 0 Å². The number of nitrogens with one attached hydrogen (secondary N) is 2. The number of benzene rings is 1. The summed E-state index contributed by atoms with van der Waals surface area (Å²) in [6.07, 6.45) is 0. The first kappa shape index (κ1) is 15.4. The maximum absolute atomic E-state index is 12.0. The fourth-order valence-corrected chi connectivity index (χ4v) is 1.97. The molecule has 0 saturated heterocycles. The van der Waals surface area contributed by atoms with Crippen LogP contribution in [0.5, 0.6) is 0 Å². The third-order valence-corrected chi connectivity index (χ3v) is 2.93. The second-order valence-corrected chi connectivity index (χ2v) is 4.81. The van der Waals surface area contributed by atoms with Gasteiger partial charge < -0.3 is 0 Å². The van der Waals surface area contributed by atoms with Crippen molar-refractivity contribution in [1.29, 1.82) is 0 Å². The highest BCUT2D eigenvalue weighted by Crippen LogP contribution is 2.18. The second kappa shape index (κ2) is 6.17. The Kier molecular flexibility index (Phi) is 4.31. The standard InChI is InChI=1S/C14H15N5O3/c1-8-6-11(4-5-12(8)19(21)22)13(20)17-18-14-15-9(2)7-10(3)16-14/h4-7H,1-3H3,(H,17,20)(H,15,16,18). The molecule has 0 radical (unpaired) electrons. The molecule has 0 bridgehead atoms.